The predicted octanol–water partition coefficient (Wildman–Crippen LogP) is 4.15. The standard InChI is InChI=1S/C25H22N4O3S/c1-14-4-2-5-15(10-14)23-18(8-9-33-23)25(31)29-13-16-11-19(16)21(29)12-26-24(30)17-6-3-7-20-22(17)28-32-27-20/h2-10,16,19,21H,11-13H2,1H3,(H,26,30)/t16-,19-,21+/m0/s1. The van der Waals surface area contributed by atoms with Crippen LogP contribution in [-0.4, -0.2) is 46.2 Å². The predicted molar refractivity (Wildman–Crippen MR) is 125 cm³/mol. The van der Waals surface area contributed by atoms with Crippen molar-refractivity contribution in [2.24, 2.45) is 11.8 Å². The summed E-state index contributed by atoms with van der Waals surface area (Å²) in [6.45, 7) is 3.22. The number of carbonyl (C=O) groups excluding carboxylic acids is 2. The molecule has 1 aliphatic heterocycles. The summed E-state index contributed by atoms with van der Waals surface area (Å²) in [6, 6.07) is 15.4. The molecule has 33 heavy (non-hydrogen) atoms. The Hall–Kier alpha value is -3.52. The van der Waals surface area contributed by atoms with Gasteiger partial charge in [-0.3, -0.25) is 9.59 Å². The number of aryl methyl sites for hydroxylation is 1. The number of likely N-dealkylation sites (tertiary alicyclic amines) is 1. The lowest BCUT2D eigenvalue weighted by Crippen LogP contribution is -2.45. The van der Waals surface area contributed by atoms with E-state index in [9.17, 15) is 9.59 Å². The van der Waals surface area contributed by atoms with E-state index in [4.69, 9.17) is 4.63 Å². The summed E-state index contributed by atoms with van der Waals surface area (Å²) in [5.74, 6) is 0.783. The molecule has 1 aliphatic carbocycles. The van der Waals surface area contributed by atoms with Crippen molar-refractivity contribution in [3.8, 4) is 10.4 Å². The van der Waals surface area contributed by atoms with E-state index >= 15 is 0 Å². The minimum Gasteiger partial charge on any atom is -0.350 e. The number of piperidine rings is 1. The van der Waals surface area contributed by atoms with Crippen LogP contribution in [0, 0.1) is 18.8 Å². The third kappa shape index (κ3) is 3.51. The fraction of sp³-hybridized carbons (Fsp3) is 0.280. The van der Waals surface area contributed by atoms with Crippen molar-refractivity contribution >= 4 is 34.2 Å². The number of rotatable bonds is 5. The third-order valence-electron chi connectivity index (χ3n) is 6.74. The largest absolute Gasteiger partial charge is 0.350 e. The second-order valence-electron chi connectivity index (χ2n) is 8.86. The van der Waals surface area contributed by atoms with Crippen LogP contribution in [0.2, 0.25) is 0 Å². The Morgan fingerprint density at radius 2 is 2.03 bits per heavy atom. The van der Waals surface area contributed by atoms with Crippen molar-refractivity contribution in [3.05, 3.63) is 70.6 Å². The molecular weight excluding hydrogens is 436 g/mol. The van der Waals surface area contributed by atoms with E-state index in [1.165, 1.54) is 5.56 Å². The lowest BCUT2D eigenvalue weighted by atomic mass is 10.1. The molecule has 7 nitrogen and oxygen atoms in total. The van der Waals surface area contributed by atoms with Crippen LogP contribution < -0.4 is 5.32 Å². The summed E-state index contributed by atoms with van der Waals surface area (Å²) < 4.78 is 4.77. The van der Waals surface area contributed by atoms with Gasteiger partial charge in [0, 0.05) is 18.0 Å². The number of fused-ring (bicyclic) bond motifs is 2. The molecule has 1 N–H and O–H groups in total. The summed E-state index contributed by atoms with van der Waals surface area (Å²) in [6.07, 6.45) is 1.11. The number of nitrogens with zero attached hydrogens (tertiary/aromatic N) is 3. The Kier molecular flexibility index (Phi) is 4.76. The van der Waals surface area contributed by atoms with Crippen LogP contribution in [0.25, 0.3) is 21.5 Å². The molecule has 3 heterocycles. The number of hydrogen-bond acceptors (Lipinski definition) is 6. The quantitative estimate of drug-likeness (QED) is 0.485. The maximum Gasteiger partial charge on any atom is 0.255 e. The van der Waals surface area contributed by atoms with Crippen LogP contribution >= 0.6 is 11.3 Å². The van der Waals surface area contributed by atoms with Crippen LogP contribution in [0.5, 0.6) is 0 Å². The van der Waals surface area contributed by atoms with Crippen molar-refractivity contribution in [1.29, 1.82) is 0 Å². The number of thiophene rings is 1. The smallest absolute Gasteiger partial charge is 0.255 e. The van der Waals surface area contributed by atoms with Crippen LogP contribution in [0.15, 0.2) is 58.5 Å². The first-order valence-corrected chi connectivity index (χ1v) is 11.9. The zero-order valence-corrected chi connectivity index (χ0v) is 18.8. The summed E-state index contributed by atoms with van der Waals surface area (Å²) >= 11 is 1.59. The van der Waals surface area contributed by atoms with E-state index in [2.05, 4.69) is 34.7 Å². The average Bonchev–Trinajstić information content (AvgIpc) is 3.20. The van der Waals surface area contributed by atoms with Gasteiger partial charge in [-0.2, -0.15) is 0 Å². The number of nitrogens with one attached hydrogen (secondary N) is 1. The molecule has 0 unspecified atom stereocenters. The number of hydrogen-bond donors (Lipinski definition) is 1. The number of benzene rings is 2. The van der Waals surface area contributed by atoms with Gasteiger partial charge >= 0.3 is 0 Å². The van der Waals surface area contributed by atoms with Gasteiger partial charge in [0.1, 0.15) is 11.0 Å². The van der Waals surface area contributed by atoms with Gasteiger partial charge in [0.05, 0.1) is 17.2 Å². The normalized spacial score (nSPS) is 21.2. The molecule has 6 rings (SSSR count). The molecule has 2 amide bonds. The second kappa shape index (κ2) is 7.81. The molecular formula is C25H22N4O3S. The Labute approximate surface area is 194 Å². The van der Waals surface area contributed by atoms with Crippen LogP contribution in [0.1, 0.15) is 32.7 Å². The topological polar surface area (TPSA) is 88.3 Å². The summed E-state index contributed by atoms with van der Waals surface area (Å²) in [5, 5.41) is 12.7. The zero-order valence-electron chi connectivity index (χ0n) is 18.0. The molecule has 166 valence electrons. The monoisotopic (exact) mass is 458 g/mol. The highest BCUT2D eigenvalue weighted by atomic mass is 32.1. The minimum atomic E-state index is -0.233. The fourth-order valence-corrected chi connectivity index (χ4v) is 5.88. The van der Waals surface area contributed by atoms with Gasteiger partial charge in [0.25, 0.3) is 11.8 Å². The minimum absolute atomic E-state index is 0.00801. The molecule has 0 spiro atoms. The Morgan fingerprint density at radius 1 is 1.15 bits per heavy atom. The van der Waals surface area contributed by atoms with Gasteiger partial charge in [-0.25, -0.2) is 4.63 Å². The van der Waals surface area contributed by atoms with Gasteiger partial charge in [0.2, 0.25) is 0 Å². The molecule has 8 heteroatoms. The van der Waals surface area contributed by atoms with E-state index < -0.39 is 0 Å². The van der Waals surface area contributed by atoms with Gasteiger partial charge < -0.3 is 10.2 Å². The van der Waals surface area contributed by atoms with Crippen LogP contribution in [0.3, 0.4) is 0 Å². The average molecular weight is 459 g/mol. The first kappa shape index (κ1) is 20.1. The van der Waals surface area contributed by atoms with E-state index in [1.54, 1.807) is 29.5 Å². The molecule has 2 aromatic carbocycles. The number of amides is 2. The number of carbonyl (C=O) groups is 2. The highest BCUT2D eigenvalue weighted by molar-refractivity contribution is 7.14. The molecule has 3 atom stereocenters. The lowest BCUT2D eigenvalue weighted by molar-refractivity contribution is 0.0696. The first-order chi connectivity index (χ1) is 16.1. The SMILES string of the molecule is Cc1cccc(-c2sccc2C(=O)N2C[C@@H]3C[C@@H]3[C@H]2CNC(=O)c2cccc3nonc23)c1. The number of aromatic nitrogens is 2. The zero-order chi connectivity index (χ0) is 22.5. The van der Waals surface area contributed by atoms with Gasteiger partial charge in [-0.05, 0) is 64.6 Å². The van der Waals surface area contributed by atoms with Crippen molar-refractivity contribution in [2.75, 3.05) is 13.1 Å². The maximum absolute atomic E-state index is 13.6. The Bertz CT molecular complexity index is 1380. The Balaban J connectivity index is 1.21. The van der Waals surface area contributed by atoms with E-state index in [1.807, 2.05) is 28.5 Å². The second-order valence-corrected chi connectivity index (χ2v) is 9.78. The van der Waals surface area contributed by atoms with E-state index in [0.717, 1.165) is 29.0 Å². The van der Waals surface area contributed by atoms with Crippen molar-refractivity contribution in [3.63, 3.8) is 0 Å². The van der Waals surface area contributed by atoms with E-state index in [-0.39, 0.29) is 17.9 Å². The van der Waals surface area contributed by atoms with Crippen LogP contribution in [-0.2, 0) is 0 Å². The molecule has 0 radical (unpaired) electrons. The highest BCUT2D eigenvalue weighted by Gasteiger charge is 2.54. The third-order valence-corrected chi connectivity index (χ3v) is 7.71. The highest BCUT2D eigenvalue weighted by Crippen LogP contribution is 2.50. The van der Waals surface area contributed by atoms with Crippen LogP contribution in [0.4, 0.5) is 0 Å². The molecule has 4 aromatic rings. The van der Waals surface area contributed by atoms with Crippen molar-refractivity contribution in [2.45, 2.75) is 19.4 Å². The van der Waals surface area contributed by atoms with Gasteiger partial charge in [-0.1, -0.05) is 35.9 Å². The maximum atomic E-state index is 13.6. The Morgan fingerprint density at radius 3 is 2.91 bits per heavy atom. The molecule has 1 saturated heterocycles. The fourth-order valence-electron chi connectivity index (χ4n) is 4.99. The first-order valence-electron chi connectivity index (χ1n) is 11.0. The molecule has 2 aromatic heterocycles. The van der Waals surface area contributed by atoms with Crippen molar-refractivity contribution in [1.82, 2.24) is 20.5 Å². The summed E-state index contributed by atoms with van der Waals surface area (Å²) in [7, 11) is 0. The summed E-state index contributed by atoms with van der Waals surface area (Å²) in [4.78, 5) is 29.4. The van der Waals surface area contributed by atoms with Gasteiger partial charge in [-0.15, -0.1) is 11.3 Å². The summed E-state index contributed by atoms with van der Waals surface area (Å²) in [5.41, 5.74) is 4.39. The van der Waals surface area contributed by atoms with Gasteiger partial charge in [0.15, 0.2) is 0 Å². The molecule has 0 bridgehead atoms. The lowest BCUT2D eigenvalue weighted by Gasteiger charge is -2.28. The molecule has 2 fully saturated rings. The van der Waals surface area contributed by atoms with E-state index in [0.29, 0.717) is 35.0 Å². The molecule has 1 saturated carbocycles. The van der Waals surface area contributed by atoms with Crippen molar-refractivity contribution < 1.29 is 14.2 Å². The molecule has 2 aliphatic rings.